The third kappa shape index (κ3) is 3.19. The molecule has 0 aromatic heterocycles. The van der Waals surface area contributed by atoms with Crippen LogP contribution < -0.4 is 11.1 Å². The number of hydrogen-bond donors (Lipinski definition) is 2. The van der Waals surface area contributed by atoms with Crippen molar-refractivity contribution in [1.29, 1.82) is 0 Å². The first kappa shape index (κ1) is 14.0. The summed E-state index contributed by atoms with van der Waals surface area (Å²) < 4.78 is 5.30. The van der Waals surface area contributed by atoms with Crippen molar-refractivity contribution in [2.75, 3.05) is 6.54 Å². The molecule has 1 aliphatic rings. The number of fused-ring (bicyclic) bond motifs is 1. The number of amides is 1. The van der Waals surface area contributed by atoms with E-state index in [1.165, 1.54) is 5.56 Å². The fourth-order valence-electron chi connectivity index (χ4n) is 1.68. The zero-order chi connectivity index (χ0) is 11.5. The van der Waals surface area contributed by atoms with Crippen LogP contribution in [0.25, 0.3) is 0 Å². The van der Waals surface area contributed by atoms with Crippen LogP contribution in [0.1, 0.15) is 28.4 Å². The Kier molecular flexibility index (Phi) is 4.93. The largest absolute Gasteiger partial charge is 0.372 e. The Balaban J connectivity index is 0.00000144. The SMILES string of the molecule is C[C@H](CN)NC(=O)c1ccc2c(c1)COC2.Cl. The highest BCUT2D eigenvalue weighted by Gasteiger charge is 2.14. The molecular formula is C12H17ClN2O2. The molecule has 0 aliphatic carbocycles. The molecule has 1 heterocycles. The summed E-state index contributed by atoms with van der Waals surface area (Å²) in [6.45, 7) is 3.58. The van der Waals surface area contributed by atoms with Gasteiger partial charge in [-0.1, -0.05) is 6.07 Å². The highest BCUT2D eigenvalue weighted by molar-refractivity contribution is 5.94. The Morgan fingerprint density at radius 3 is 2.88 bits per heavy atom. The fraction of sp³-hybridized carbons (Fsp3) is 0.417. The van der Waals surface area contributed by atoms with E-state index in [2.05, 4.69) is 5.32 Å². The number of nitrogens with one attached hydrogen (secondary N) is 1. The number of ether oxygens (including phenoxy) is 1. The van der Waals surface area contributed by atoms with Crippen LogP contribution >= 0.6 is 12.4 Å². The van der Waals surface area contributed by atoms with Crippen molar-refractivity contribution in [2.24, 2.45) is 5.73 Å². The highest BCUT2D eigenvalue weighted by atomic mass is 35.5. The number of hydrogen-bond acceptors (Lipinski definition) is 3. The van der Waals surface area contributed by atoms with E-state index in [0.29, 0.717) is 25.3 Å². The molecule has 0 bridgehead atoms. The lowest BCUT2D eigenvalue weighted by Gasteiger charge is -2.11. The molecule has 1 aromatic rings. The summed E-state index contributed by atoms with van der Waals surface area (Å²) in [5.74, 6) is -0.0762. The summed E-state index contributed by atoms with van der Waals surface area (Å²) in [6.07, 6.45) is 0. The average Bonchev–Trinajstić information content (AvgIpc) is 2.75. The number of benzene rings is 1. The van der Waals surface area contributed by atoms with Gasteiger partial charge in [-0.3, -0.25) is 4.79 Å². The van der Waals surface area contributed by atoms with Crippen molar-refractivity contribution in [3.05, 3.63) is 34.9 Å². The third-order valence-electron chi connectivity index (χ3n) is 2.71. The molecule has 1 aliphatic heterocycles. The molecule has 1 aromatic carbocycles. The molecule has 0 saturated carbocycles. The maximum Gasteiger partial charge on any atom is 0.251 e. The molecule has 1 atom stereocenters. The zero-order valence-corrected chi connectivity index (χ0v) is 10.5. The number of carbonyl (C=O) groups excluding carboxylic acids is 1. The summed E-state index contributed by atoms with van der Waals surface area (Å²) in [4.78, 5) is 11.8. The topological polar surface area (TPSA) is 64.3 Å². The molecule has 2 rings (SSSR count). The van der Waals surface area contributed by atoms with Gasteiger partial charge in [0, 0.05) is 18.2 Å². The van der Waals surface area contributed by atoms with E-state index < -0.39 is 0 Å². The minimum Gasteiger partial charge on any atom is -0.372 e. The van der Waals surface area contributed by atoms with Crippen molar-refractivity contribution in [3.63, 3.8) is 0 Å². The van der Waals surface area contributed by atoms with Gasteiger partial charge >= 0.3 is 0 Å². The Bertz CT molecular complexity index is 409. The molecule has 0 fully saturated rings. The summed E-state index contributed by atoms with van der Waals surface area (Å²) in [7, 11) is 0. The van der Waals surface area contributed by atoms with Gasteiger partial charge in [0.1, 0.15) is 0 Å². The van der Waals surface area contributed by atoms with Crippen LogP contribution in [0.3, 0.4) is 0 Å². The maximum atomic E-state index is 11.8. The summed E-state index contributed by atoms with van der Waals surface area (Å²) in [6, 6.07) is 5.66. The number of rotatable bonds is 3. The minimum atomic E-state index is -0.0762. The normalized spacial score (nSPS) is 14.7. The molecule has 3 N–H and O–H groups in total. The molecule has 0 spiro atoms. The Morgan fingerprint density at radius 1 is 1.47 bits per heavy atom. The van der Waals surface area contributed by atoms with Gasteiger partial charge in [-0.05, 0) is 30.2 Å². The smallest absolute Gasteiger partial charge is 0.251 e. The average molecular weight is 257 g/mol. The Hall–Kier alpha value is -1.10. The zero-order valence-electron chi connectivity index (χ0n) is 9.73. The maximum absolute atomic E-state index is 11.8. The van der Waals surface area contributed by atoms with Crippen molar-refractivity contribution in [2.45, 2.75) is 26.2 Å². The summed E-state index contributed by atoms with van der Waals surface area (Å²) >= 11 is 0. The molecular weight excluding hydrogens is 240 g/mol. The van der Waals surface area contributed by atoms with Crippen molar-refractivity contribution in [3.8, 4) is 0 Å². The number of carbonyl (C=O) groups is 1. The molecule has 1 amide bonds. The monoisotopic (exact) mass is 256 g/mol. The Labute approximate surface area is 107 Å². The van der Waals surface area contributed by atoms with Crippen molar-refractivity contribution < 1.29 is 9.53 Å². The summed E-state index contributed by atoms with van der Waals surface area (Å²) in [5.41, 5.74) is 8.40. The lowest BCUT2D eigenvalue weighted by Crippen LogP contribution is -2.37. The standard InChI is InChI=1S/C12H16N2O2.ClH/c1-8(5-13)14-12(15)9-2-3-10-6-16-7-11(10)4-9;/h2-4,8H,5-7,13H2,1H3,(H,14,15);1H/t8-;/m1./s1. The minimum absolute atomic E-state index is 0. The second-order valence-electron chi connectivity index (χ2n) is 4.09. The van der Waals surface area contributed by atoms with E-state index in [1.54, 1.807) is 0 Å². The van der Waals surface area contributed by atoms with E-state index in [9.17, 15) is 4.79 Å². The lowest BCUT2D eigenvalue weighted by atomic mass is 10.1. The van der Waals surface area contributed by atoms with Crippen LogP contribution in [-0.2, 0) is 18.0 Å². The number of halogens is 1. The molecule has 94 valence electrons. The van der Waals surface area contributed by atoms with Crippen LogP contribution in [0, 0.1) is 0 Å². The second kappa shape index (κ2) is 6.00. The van der Waals surface area contributed by atoms with Crippen LogP contribution in [0.4, 0.5) is 0 Å². The fourth-order valence-corrected chi connectivity index (χ4v) is 1.68. The van der Waals surface area contributed by atoms with Crippen LogP contribution in [-0.4, -0.2) is 18.5 Å². The van der Waals surface area contributed by atoms with E-state index in [4.69, 9.17) is 10.5 Å². The highest BCUT2D eigenvalue weighted by Crippen LogP contribution is 2.20. The second-order valence-corrected chi connectivity index (χ2v) is 4.09. The van der Waals surface area contributed by atoms with Crippen molar-refractivity contribution >= 4 is 18.3 Å². The predicted molar refractivity (Wildman–Crippen MR) is 68.2 cm³/mol. The van der Waals surface area contributed by atoms with Gasteiger partial charge in [0.2, 0.25) is 0 Å². The molecule has 0 saturated heterocycles. The molecule has 0 unspecified atom stereocenters. The van der Waals surface area contributed by atoms with Gasteiger partial charge in [0.15, 0.2) is 0 Å². The first-order valence-electron chi connectivity index (χ1n) is 5.41. The lowest BCUT2D eigenvalue weighted by molar-refractivity contribution is 0.0941. The van der Waals surface area contributed by atoms with Gasteiger partial charge in [-0.25, -0.2) is 0 Å². The third-order valence-corrected chi connectivity index (χ3v) is 2.71. The van der Waals surface area contributed by atoms with E-state index in [-0.39, 0.29) is 24.4 Å². The predicted octanol–water partition coefficient (Wildman–Crippen LogP) is 1.22. The van der Waals surface area contributed by atoms with Gasteiger partial charge in [0.05, 0.1) is 13.2 Å². The quantitative estimate of drug-likeness (QED) is 0.855. The van der Waals surface area contributed by atoms with Gasteiger partial charge in [-0.15, -0.1) is 12.4 Å². The van der Waals surface area contributed by atoms with Crippen LogP contribution in [0.15, 0.2) is 18.2 Å². The molecule has 4 nitrogen and oxygen atoms in total. The molecule has 0 radical (unpaired) electrons. The molecule has 17 heavy (non-hydrogen) atoms. The van der Waals surface area contributed by atoms with Gasteiger partial charge in [-0.2, -0.15) is 0 Å². The van der Waals surface area contributed by atoms with Crippen LogP contribution in [0.5, 0.6) is 0 Å². The first-order valence-corrected chi connectivity index (χ1v) is 5.41. The number of nitrogens with two attached hydrogens (primary N) is 1. The molecule has 5 heteroatoms. The van der Waals surface area contributed by atoms with Crippen LogP contribution in [0.2, 0.25) is 0 Å². The summed E-state index contributed by atoms with van der Waals surface area (Å²) in [5, 5.41) is 2.83. The van der Waals surface area contributed by atoms with Gasteiger partial charge in [0.25, 0.3) is 5.91 Å². The van der Waals surface area contributed by atoms with E-state index in [1.807, 2.05) is 25.1 Å². The van der Waals surface area contributed by atoms with E-state index in [0.717, 1.165) is 5.56 Å². The van der Waals surface area contributed by atoms with Gasteiger partial charge < -0.3 is 15.8 Å². The van der Waals surface area contributed by atoms with Crippen molar-refractivity contribution in [1.82, 2.24) is 5.32 Å². The first-order chi connectivity index (χ1) is 7.70. The van der Waals surface area contributed by atoms with E-state index >= 15 is 0 Å². The Morgan fingerprint density at radius 2 is 2.18 bits per heavy atom.